The van der Waals surface area contributed by atoms with Crippen LogP contribution < -0.4 is 4.74 Å². The van der Waals surface area contributed by atoms with Gasteiger partial charge in [0.2, 0.25) is 0 Å². The highest BCUT2D eigenvalue weighted by Gasteiger charge is 2.23. The maximum Gasteiger partial charge on any atom is 0.135 e. The predicted molar refractivity (Wildman–Crippen MR) is 232 cm³/mol. The lowest BCUT2D eigenvalue weighted by Gasteiger charge is -2.23. The summed E-state index contributed by atoms with van der Waals surface area (Å²) >= 11 is 0. The van der Waals surface area contributed by atoms with Crippen LogP contribution in [0.3, 0.4) is 0 Å². The smallest absolute Gasteiger partial charge is 0.135 e. The van der Waals surface area contributed by atoms with E-state index in [0.717, 1.165) is 22.4 Å². The van der Waals surface area contributed by atoms with Gasteiger partial charge in [-0.25, -0.2) is 0 Å². The van der Waals surface area contributed by atoms with Crippen molar-refractivity contribution in [1.29, 1.82) is 0 Å². The van der Waals surface area contributed by atoms with E-state index in [0.29, 0.717) is 0 Å². The summed E-state index contributed by atoms with van der Waals surface area (Å²) in [6.07, 6.45) is 0. The van der Waals surface area contributed by atoms with Crippen molar-refractivity contribution in [3.8, 4) is 67.1 Å². The van der Waals surface area contributed by atoms with Crippen molar-refractivity contribution in [3.05, 3.63) is 194 Å². The van der Waals surface area contributed by atoms with Gasteiger partial charge in [0.05, 0.1) is 0 Å². The lowest BCUT2D eigenvalue weighted by atomic mass is 9.86. The van der Waals surface area contributed by atoms with Crippen LogP contribution in [0.2, 0.25) is 0 Å². The minimum absolute atomic E-state index is 0.897. The SMILES string of the molecule is c1ccc(-c2ccc3c(c2)-c2cccc4c(-c5ccc6c(-c7ccc8ccc9c(-c%10ccccc%10)ccc%10ccc7c8c%109)cccc6c5)ccc(c24)O3)cc1. The molecule has 0 aliphatic carbocycles. The maximum atomic E-state index is 6.57. The Morgan fingerprint density at radius 1 is 0.236 bits per heavy atom. The zero-order chi connectivity index (χ0) is 36.0. The van der Waals surface area contributed by atoms with Crippen molar-refractivity contribution >= 4 is 53.9 Å². The number of hydrogen-bond donors (Lipinski definition) is 0. The Morgan fingerprint density at radius 2 is 0.800 bits per heavy atom. The third-order valence-electron chi connectivity index (χ3n) is 11.8. The molecule has 0 radical (unpaired) electrons. The summed E-state index contributed by atoms with van der Waals surface area (Å²) < 4.78 is 6.57. The van der Waals surface area contributed by atoms with Crippen LogP contribution in [0.1, 0.15) is 0 Å². The van der Waals surface area contributed by atoms with Crippen LogP contribution in [0.15, 0.2) is 194 Å². The Labute approximate surface area is 318 Å². The molecular formula is C54H32O. The molecule has 1 heteroatoms. The van der Waals surface area contributed by atoms with Crippen molar-refractivity contribution in [1.82, 2.24) is 0 Å². The molecule has 0 aromatic heterocycles. The minimum atomic E-state index is 0.897. The molecule has 0 spiro atoms. The summed E-state index contributed by atoms with van der Waals surface area (Å²) in [6, 6.07) is 71.0. The molecule has 1 aliphatic rings. The van der Waals surface area contributed by atoms with Crippen LogP contribution in [0, 0.1) is 0 Å². The van der Waals surface area contributed by atoms with Gasteiger partial charge in [0.1, 0.15) is 11.5 Å². The lowest BCUT2D eigenvalue weighted by molar-refractivity contribution is 0.487. The van der Waals surface area contributed by atoms with Gasteiger partial charge in [0.15, 0.2) is 0 Å². The Hall–Kier alpha value is -7.22. The van der Waals surface area contributed by atoms with Gasteiger partial charge in [-0.05, 0) is 123 Å². The van der Waals surface area contributed by atoms with Crippen LogP contribution >= 0.6 is 0 Å². The largest absolute Gasteiger partial charge is 0.456 e. The summed E-state index contributed by atoms with van der Waals surface area (Å²) in [5.74, 6) is 1.80. The van der Waals surface area contributed by atoms with Crippen molar-refractivity contribution in [2.24, 2.45) is 0 Å². The highest BCUT2D eigenvalue weighted by molar-refractivity contribution is 6.28. The zero-order valence-electron chi connectivity index (χ0n) is 29.9. The molecule has 0 N–H and O–H groups in total. The van der Waals surface area contributed by atoms with Crippen molar-refractivity contribution < 1.29 is 4.74 Å². The first-order valence-electron chi connectivity index (χ1n) is 19.0. The molecule has 1 aliphatic heterocycles. The molecule has 11 aromatic carbocycles. The quantitative estimate of drug-likeness (QED) is 0.166. The molecule has 0 amide bonds. The van der Waals surface area contributed by atoms with Crippen LogP contribution in [-0.4, -0.2) is 0 Å². The molecule has 12 rings (SSSR count). The van der Waals surface area contributed by atoms with Crippen LogP contribution in [0.5, 0.6) is 11.5 Å². The monoisotopic (exact) mass is 696 g/mol. The van der Waals surface area contributed by atoms with E-state index in [1.807, 2.05) is 0 Å². The Bertz CT molecular complexity index is 3320. The lowest BCUT2D eigenvalue weighted by Crippen LogP contribution is -1.98. The molecular weight excluding hydrogens is 665 g/mol. The van der Waals surface area contributed by atoms with E-state index in [4.69, 9.17) is 4.74 Å². The van der Waals surface area contributed by atoms with Gasteiger partial charge in [0.25, 0.3) is 0 Å². The van der Waals surface area contributed by atoms with E-state index >= 15 is 0 Å². The molecule has 1 nitrogen and oxygen atoms in total. The third-order valence-corrected chi connectivity index (χ3v) is 11.8. The molecule has 0 unspecified atom stereocenters. The van der Waals surface area contributed by atoms with Gasteiger partial charge in [-0.2, -0.15) is 0 Å². The zero-order valence-corrected chi connectivity index (χ0v) is 29.9. The van der Waals surface area contributed by atoms with Crippen molar-refractivity contribution in [3.63, 3.8) is 0 Å². The molecule has 0 atom stereocenters. The van der Waals surface area contributed by atoms with Gasteiger partial charge < -0.3 is 4.74 Å². The van der Waals surface area contributed by atoms with Crippen LogP contribution in [-0.2, 0) is 0 Å². The highest BCUT2D eigenvalue weighted by atomic mass is 16.5. The summed E-state index contributed by atoms with van der Waals surface area (Å²) in [5, 5.41) is 12.6. The van der Waals surface area contributed by atoms with E-state index in [2.05, 4.69) is 194 Å². The van der Waals surface area contributed by atoms with E-state index < -0.39 is 0 Å². The molecule has 0 bridgehead atoms. The van der Waals surface area contributed by atoms with Gasteiger partial charge >= 0.3 is 0 Å². The second-order valence-electron chi connectivity index (χ2n) is 14.8. The first kappa shape index (κ1) is 30.3. The summed E-state index contributed by atoms with van der Waals surface area (Å²) in [7, 11) is 0. The van der Waals surface area contributed by atoms with Crippen LogP contribution in [0.4, 0.5) is 0 Å². The molecule has 254 valence electrons. The molecule has 0 saturated carbocycles. The van der Waals surface area contributed by atoms with Gasteiger partial charge in [-0.3, -0.25) is 0 Å². The van der Waals surface area contributed by atoms with Gasteiger partial charge in [-0.15, -0.1) is 0 Å². The number of benzene rings is 11. The fourth-order valence-corrected chi connectivity index (χ4v) is 9.29. The van der Waals surface area contributed by atoms with Crippen molar-refractivity contribution in [2.75, 3.05) is 0 Å². The Morgan fingerprint density at radius 3 is 1.60 bits per heavy atom. The van der Waals surface area contributed by atoms with E-state index in [-0.39, 0.29) is 0 Å². The fourth-order valence-electron chi connectivity index (χ4n) is 9.29. The molecule has 0 fully saturated rings. The second-order valence-corrected chi connectivity index (χ2v) is 14.8. The van der Waals surface area contributed by atoms with E-state index in [1.54, 1.807) is 0 Å². The van der Waals surface area contributed by atoms with Gasteiger partial charge in [0, 0.05) is 10.9 Å². The highest BCUT2D eigenvalue weighted by Crippen LogP contribution is 2.50. The van der Waals surface area contributed by atoms with Crippen molar-refractivity contribution in [2.45, 2.75) is 0 Å². The fraction of sp³-hybridized carbons (Fsp3) is 0. The average Bonchev–Trinajstić information content (AvgIpc) is 3.26. The summed E-state index contributed by atoms with van der Waals surface area (Å²) in [4.78, 5) is 0. The second kappa shape index (κ2) is 11.6. The van der Waals surface area contributed by atoms with Crippen LogP contribution in [0.25, 0.3) is 109 Å². The standard InChI is InChI=1S/C54H32O/c1-3-9-33(10-4-1)37-22-29-50-49(32-37)46-16-8-15-45-42(28-30-51(55-50)54(45)46)39-21-24-41-38(31-39)13-7-14-43(41)44-25-18-36-19-26-47-40(34-11-5-2-6-12-34)23-17-35-20-27-48(44)53(36)52(35)47/h1-32H. The number of hydrogen-bond acceptors (Lipinski definition) is 1. The summed E-state index contributed by atoms with van der Waals surface area (Å²) in [6.45, 7) is 0. The first-order chi connectivity index (χ1) is 27.3. The normalized spacial score (nSPS) is 12.1. The predicted octanol–water partition coefficient (Wildman–Crippen LogP) is 15.3. The molecule has 11 aromatic rings. The van der Waals surface area contributed by atoms with Gasteiger partial charge in [-0.1, -0.05) is 170 Å². The maximum absolute atomic E-state index is 6.57. The topological polar surface area (TPSA) is 9.23 Å². The third kappa shape index (κ3) is 4.54. The average molecular weight is 697 g/mol. The molecule has 1 heterocycles. The summed E-state index contributed by atoms with van der Waals surface area (Å²) in [5.41, 5.74) is 12.2. The minimum Gasteiger partial charge on any atom is -0.456 e. The van der Waals surface area contributed by atoms with E-state index in [9.17, 15) is 0 Å². The Kier molecular flexibility index (Phi) is 6.40. The molecule has 55 heavy (non-hydrogen) atoms. The number of fused-ring (bicyclic) bond motifs is 3. The number of ether oxygens (including phenoxy) is 1. The number of rotatable bonds is 4. The van der Waals surface area contributed by atoms with E-state index in [1.165, 1.54) is 98.5 Å². The molecule has 0 saturated heterocycles. The Balaban J connectivity index is 0.999. The first-order valence-corrected chi connectivity index (χ1v) is 19.0.